The first-order valence-corrected chi connectivity index (χ1v) is 6.57. The molecule has 0 saturated carbocycles. The van der Waals surface area contributed by atoms with Crippen molar-refractivity contribution in [2.75, 3.05) is 5.32 Å². The molecule has 2 N–H and O–H groups in total. The number of nitro benzene ring substituents is 1. The number of phenolic OH excluding ortho intramolecular Hbond substituents is 1. The average molecular weight is 288 g/mol. The van der Waals surface area contributed by atoms with Gasteiger partial charge in [-0.3, -0.25) is 10.1 Å². The van der Waals surface area contributed by atoms with E-state index in [-0.39, 0.29) is 23.2 Å². The van der Waals surface area contributed by atoms with Crippen LogP contribution in [0.4, 0.5) is 15.8 Å². The van der Waals surface area contributed by atoms with Crippen molar-refractivity contribution in [2.45, 2.75) is 18.9 Å². The number of aromatic hydroxyl groups is 1. The molecule has 2 aromatic carbocycles. The normalized spacial score (nSPS) is 16.5. The lowest BCUT2D eigenvalue weighted by Crippen LogP contribution is -2.08. The first kappa shape index (κ1) is 13.4. The van der Waals surface area contributed by atoms with E-state index in [4.69, 9.17) is 0 Å². The molecule has 0 aromatic heterocycles. The molecule has 0 bridgehead atoms. The smallest absolute Gasteiger partial charge is 0.271 e. The minimum absolute atomic E-state index is 0.102. The van der Waals surface area contributed by atoms with Crippen LogP contribution in [-0.4, -0.2) is 10.0 Å². The Morgan fingerprint density at radius 2 is 2.14 bits per heavy atom. The van der Waals surface area contributed by atoms with Gasteiger partial charge in [-0.15, -0.1) is 0 Å². The van der Waals surface area contributed by atoms with Gasteiger partial charge in [-0.2, -0.15) is 0 Å². The van der Waals surface area contributed by atoms with Crippen molar-refractivity contribution in [3.05, 3.63) is 63.5 Å². The molecule has 6 heteroatoms. The molecule has 0 radical (unpaired) electrons. The highest BCUT2D eigenvalue weighted by molar-refractivity contribution is 5.55. The van der Waals surface area contributed by atoms with Crippen molar-refractivity contribution in [2.24, 2.45) is 0 Å². The first-order valence-electron chi connectivity index (χ1n) is 6.57. The van der Waals surface area contributed by atoms with Gasteiger partial charge in [0.25, 0.3) is 5.69 Å². The molecule has 3 rings (SSSR count). The molecule has 21 heavy (non-hydrogen) atoms. The number of non-ortho nitro benzene ring substituents is 1. The Balaban J connectivity index is 1.91. The third-order valence-corrected chi connectivity index (χ3v) is 3.74. The van der Waals surface area contributed by atoms with Crippen LogP contribution in [0.5, 0.6) is 5.75 Å². The van der Waals surface area contributed by atoms with Crippen LogP contribution in [0.2, 0.25) is 0 Å². The fourth-order valence-electron chi connectivity index (χ4n) is 2.71. The van der Waals surface area contributed by atoms with Gasteiger partial charge in [0.15, 0.2) is 0 Å². The Labute approximate surface area is 120 Å². The number of phenols is 1. The Morgan fingerprint density at radius 1 is 1.33 bits per heavy atom. The van der Waals surface area contributed by atoms with Gasteiger partial charge in [0.05, 0.1) is 16.7 Å². The van der Waals surface area contributed by atoms with E-state index in [2.05, 4.69) is 5.32 Å². The summed E-state index contributed by atoms with van der Waals surface area (Å²) in [6.45, 7) is 0. The SMILES string of the molecule is O=[N+]([O-])c1ccc(F)c(NC2CCc3c(O)cccc32)c1. The van der Waals surface area contributed by atoms with E-state index in [1.165, 1.54) is 6.07 Å². The second-order valence-electron chi connectivity index (χ2n) is 5.00. The summed E-state index contributed by atoms with van der Waals surface area (Å²) in [7, 11) is 0. The Bertz CT molecular complexity index is 718. The van der Waals surface area contributed by atoms with Gasteiger partial charge in [0.1, 0.15) is 11.6 Å². The predicted molar refractivity (Wildman–Crippen MR) is 75.8 cm³/mol. The van der Waals surface area contributed by atoms with Gasteiger partial charge in [-0.25, -0.2) is 4.39 Å². The summed E-state index contributed by atoms with van der Waals surface area (Å²) in [6.07, 6.45) is 1.39. The average Bonchev–Trinajstić information content (AvgIpc) is 2.86. The molecule has 1 unspecified atom stereocenters. The monoisotopic (exact) mass is 288 g/mol. The van der Waals surface area contributed by atoms with Crippen LogP contribution < -0.4 is 5.32 Å². The van der Waals surface area contributed by atoms with Gasteiger partial charge in [0.2, 0.25) is 0 Å². The van der Waals surface area contributed by atoms with Crippen molar-refractivity contribution in [3.63, 3.8) is 0 Å². The molecule has 5 nitrogen and oxygen atoms in total. The number of benzene rings is 2. The molecule has 0 amide bonds. The van der Waals surface area contributed by atoms with Crippen LogP contribution in [-0.2, 0) is 6.42 Å². The van der Waals surface area contributed by atoms with Gasteiger partial charge in [0, 0.05) is 12.1 Å². The van der Waals surface area contributed by atoms with E-state index in [1.807, 2.05) is 6.07 Å². The molecule has 108 valence electrons. The zero-order chi connectivity index (χ0) is 15.0. The summed E-state index contributed by atoms with van der Waals surface area (Å²) in [5.41, 5.74) is 1.69. The molecule has 2 aromatic rings. The number of rotatable bonds is 3. The zero-order valence-electron chi connectivity index (χ0n) is 11.0. The summed E-state index contributed by atoms with van der Waals surface area (Å²) >= 11 is 0. The van der Waals surface area contributed by atoms with Gasteiger partial charge in [-0.1, -0.05) is 12.1 Å². The van der Waals surface area contributed by atoms with Crippen molar-refractivity contribution >= 4 is 11.4 Å². The van der Waals surface area contributed by atoms with E-state index in [0.717, 1.165) is 23.3 Å². The maximum Gasteiger partial charge on any atom is 0.271 e. The lowest BCUT2D eigenvalue weighted by Gasteiger charge is -2.16. The number of hydrogen-bond acceptors (Lipinski definition) is 4. The molecule has 0 heterocycles. The summed E-state index contributed by atoms with van der Waals surface area (Å²) in [6, 6.07) is 8.47. The largest absolute Gasteiger partial charge is 0.508 e. The van der Waals surface area contributed by atoms with Crippen molar-refractivity contribution in [1.82, 2.24) is 0 Å². The van der Waals surface area contributed by atoms with E-state index in [0.29, 0.717) is 12.8 Å². The molecular weight excluding hydrogens is 275 g/mol. The standard InChI is InChI=1S/C15H13FN2O3/c16-12-6-4-9(18(20)21)8-14(12)17-13-7-5-11-10(13)2-1-3-15(11)19/h1-4,6,8,13,17,19H,5,7H2. The molecule has 0 spiro atoms. The molecular formula is C15H13FN2O3. The molecule has 0 fully saturated rings. The van der Waals surface area contributed by atoms with Crippen molar-refractivity contribution in [3.8, 4) is 5.75 Å². The molecule has 1 atom stereocenters. The van der Waals surface area contributed by atoms with Crippen LogP contribution in [0, 0.1) is 15.9 Å². The van der Waals surface area contributed by atoms with E-state index in [9.17, 15) is 19.6 Å². The van der Waals surface area contributed by atoms with E-state index in [1.54, 1.807) is 12.1 Å². The summed E-state index contributed by atoms with van der Waals surface area (Å²) in [4.78, 5) is 10.2. The topological polar surface area (TPSA) is 75.4 Å². The third kappa shape index (κ3) is 2.40. The minimum atomic E-state index is -0.557. The zero-order valence-corrected chi connectivity index (χ0v) is 11.0. The van der Waals surface area contributed by atoms with Crippen LogP contribution in [0.1, 0.15) is 23.6 Å². The fraction of sp³-hybridized carbons (Fsp3) is 0.200. The van der Waals surface area contributed by atoms with Gasteiger partial charge in [-0.05, 0) is 36.1 Å². The third-order valence-electron chi connectivity index (χ3n) is 3.74. The van der Waals surface area contributed by atoms with E-state index >= 15 is 0 Å². The van der Waals surface area contributed by atoms with Gasteiger partial charge < -0.3 is 10.4 Å². The van der Waals surface area contributed by atoms with Crippen LogP contribution in [0.15, 0.2) is 36.4 Å². The Hall–Kier alpha value is -2.63. The number of nitro groups is 1. The van der Waals surface area contributed by atoms with Gasteiger partial charge >= 0.3 is 0 Å². The molecule has 0 aliphatic heterocycles. The van der Waals surface area contributed by atoms with Crippen molar-refractivity contribution < 1.29 is 14.4 Å². The minimum Gasteiger partial charge on any atom is -0.508 e. The molecule has 1 aliphatic rings. The lowest BCUT2D eigenvalue weighted by molar-refractivity contribution is -0.384. The first-order chi connectivity index (χ1) is 10.1. The highest BCUT2D eigenvalue weighted by atomic mass is 19.1. The maximum atomic E-state index is 13.8. The number of halogens is 1. The van der Waals surface area contributed by atoms with Crippen LogP contribution in [0.3, 0.4) is 0 Å². The number of fused-ring (bicyclic) bond motifs is 1. The van der Waals surface area contributed by atoms with E-state index < -0.39 is 10.7 Å². The maximum absolute atomic E-state index is 13.8. The fourth-order valence-corrected chi connectivity index (χ4v) is 2.71. The van der Waals surface area contributed by atoms with Crippen LogP contribution >= 0.6 is 0 Å². The summed E-state index contributed by atoms with van der Waals surface area (Å²) < 4.78 is 13.8. The number of nitrogens with one attached hydrogen (secondary N) is 1. The second kappa shape index (κ2) is 5.05. The lowest BCUT2D eigenvalue weighted by atomic mass is 10.1. The Kier molecular flexibility index (Phi) is 3.21. The highest BCUT2D eigenvalue weighted by Crippen LogP contribution is 2.38. The highest BCUT2D eigenvalue weighted by Gasteiger charge is 2.25. The predicted octanol–water partition coefficient (Wildman–Crippen LogP) is 3.54. The summed E-state index contributed by atoms with van der Waals surface area (Å²) in [5.74, 6) is -0.300. The summed E-state index contributed by atoms with van der Waals surface area (Å²) in [5, 5.41) is 23.6. The number of nitrogens with zero attached hydrogens (tertiary/aromatic N) is 1. The number of anilines is 1. The molecule has 1 aliphatic carbocycles. The Morgan fingerprint density at radius 3 is 2.90 bits per heavy atom. The van der Waals surface area contributed by atoms with Crippen LogP contribution in [0.25, 0.3) is 0 Å². The quantitative estimate of drug-likeness (QED) is 0.669. The second-order valence-corrected chi connectivity index (χ2v) is 5.00. The molecule has 0 saturated heterocycles. The van der Waals surface area contributed by atoms with Crippen molar-refractivity contribution in [1.29, 1.82) is 0 Å². The number of hydrogen-bond donors (Lipinski definition) is 2.